The molecule has 0 spiro atoms. The number of unbranched alkanes of at least 4 members (excludes halogenated alkanes) is 23. The minimum absolute atomic E-state index is 0.0150. The maximum atomic E-state index is 12.9. The molecule has 0 aliphatic carbocycles. The van der Waals surface area contributed by atoms with Crippen LogP contribution in [0.15, 0.2) is 61.2 Å². The molecular weight excluding hydrogens is 797 g/mol. The van der Waals surface area contributed by atoms with Crippen molar-refractivity contribution >= 4 is 23.6 Å². The van der Waals surface area contributed by atoms with Crippen molar-refractivity contribution < 1.29 is 28.3 Å². The van der Waals surface area contributed by atoms with Crippen molar-refractivity contribution in [2.45, 2.75) is 233 Å². The van der Waals surface area contributed by atoms with E-state index in [1.54, 1.807) is 0 Å². The second-order valence-electron chi connectivity index (χ2n) is 19.1. The van der Waals surface area contributed by atoms with E-state index >= 15 is 0 Å². The molecular formula is C54H94N6O4+2. The molecule has 4 amide bonds. The summed E-state index contributed by atoms with van der Waals surface area (Å²) in [7, 11) is 0. The van der Waals surface area contributed by atoms with Crippen molar-refractivity contribution in [3.8, 4) is 0 Å². The Hall–Kier alpha value is -3.82. The summed E-state index contributed by atoms with van der Waals surface area (Å²) in [5, 5.41) is 12.1. The van der Waals surface area contributed by atoms with Crippen molar-refractivity contribution in [2.75, 3.05) is 13.1 Å². The predicted molar refractivity (Wildman–Crippen MR) is 262 cm³/mol. The molecule has 0 bridgehead atoms. The van der Waals surface area contributed by atoms with Crippen molar-refractivity contribution in [1.29, 1.82) is 0 Å². The highest BCUT2D eigenvalue weighted by molar-refractivity contribution is 5.88. The van der Waals surface area contributed by atoms with Crippen LogP contribution < -0.4 is 30.4 Å². The molecule has 10 nitrogen and oxygen atoms in total. The smallest absolute Gasteiger partial charge is 0.242 e. The van der Waals surface area contributed by atoms with Crippen LogP contribution in [0.25, 0.3) is 0 Å². The lowest BCUT2D eigenvalue weighted by Crippen LogP contribution is -2.49. The number of nitrogens with one attached hydrogen (secondary N) is 4. The molecule has 2 rings (SSSR count). The quantitative estimate of drug-likeness (QED) is 0.0392. The lowest BCUT2D eigenvalue weighted by Gasteiger charge is -2.22. The summed E-state index contributed by atoms with van der Waals surface area (Å²) in [4.78, 5) is 51.1. The van der Waals surface area contributed by atoms with E-state index in [0.29, 0.717) is 25.9 Å². The molecule has 10 heteroatoms. The first-order chi connectivity index (χ1) is 31.2. The number of hydrogen-bond acceptors (Lipinski definition) is 4. The molecule has 2 atom stereocenters. The van der Waals surface area contributed by atoms with Gasteiger partial charge in [-0.1, -0.05) is 155 Å². The van der Waals surface area contributed by atoms with Gasteiger partial charge in [-0.2, -0.15) is 0 Å². The fourth-order valence-corrected chi connectivity index (χ4v) is 8.32. The second-order valence-corrected chi connectivity index (χ2v) is 19.1. The lowest BCUT2D eigenvalue weighted by atomic mass is 10.0. The normalized spacial score (nSPS) is 12.3. The molecule has 64 heavy (non-hydrogen) atoms. The molecule has 2 aromatic rings. The van der Waals surface area contributed by atoms with Crippen LogP contribution in [0, 0.1) is 11.8 Å². The number of carbonyl (C=O) groups is 4. The summed E-state index contributed by atoms with van der Waals surface area (Å²) in [5.41, 5.74) is 0. The molecule has 0 aliphatic heterocycles. The average molecular weight is 891 g/mol. The van der Waals surface area contributed by atoms with Crippen LogP contribution in [0.3, 0.4) is 0 Å². The van der Waals surface area contributed by atoms with Crippen LogP contribution >= 0.6 is 0 Å². The van der Waals surface area contributed by atoms with Gasteiger partial charge < -0.3 is 21.3 Å². The van der Waals surface area contributed by atoms with Crippen molar-refractivity contribution in [1.82, 2.24) is 21.3 Å². The zero-order chi connectivity index (χ0) is 46.3. The van der Waals surface area contributed by atoms with Gasteiger partial charge in [-0.05, 0) is 50.4 Å². The van der Waals surface area contributed by atoms with Gasteiger partial charge in [0.05, 0.1) is 0 Å². The Labute approximate surface area is 390 Å². The van der Waals surface area contributed by atoms with E-state index in [2.05, 4.69) is 91.6 Å². The van der Waals surface area contributed by atoms with E-state index < -0.39 is 12.1 Å². The first kappa shape index (κ1) is 56.3. The minimum Gasteiger partial charge on any atom is -0.354 e. The number of hydrogen-bond donors (Lipinski definition) is 4. The number of aromatic nitrogens is 2. The van der Waals surface area contributed by atoms with Gasteiger partial charge in [0.15, 0.2) is 24.8 Å². The zero-order valence-electron chi connectivity index (χ0n) is 41.2. The fourth-order valence-electron chi connectivity index (χ4n) is 8.32. The van der Waals surface area contributed by atoms with Gasteiger partial charge in [-0.15, -0.1) is 0 Å². The van der Waals surface area contributed by atoms with E-state index in [1.165, 1.54) is 116 Å². The topological polar surface area (TPSA) is 124 Å². The van der Waals surface area contributed by atoms with Gasteiger partial charge in [0.25, 0.3) is 0 Å². The number of aryl methyl sites for hydroxylation is 2. The highest BCUT2D eigenvalue weighted by Gasteiger charge is 2.24. The summed E-state index contributed by atoms with van der Waals surface area (Å²) in [6.07, 6.45) is 39.5. The highest BCUT2D eigenvalue weighted by Crippen LogP contribution is 2.14. The molecule has 0 aliphatic rings. The van der Waals surface area contributed by atoms with Crippen LogP contribution in [-0.4, -0.2) is 48.8 Å². The molecule has 0 unspecified atom stereocenters. The Morgan fingerprint density at radius 3 is 0.922 bits per heavy atom. The highest BCUT2D eigenvalue weighted by atomic mass is 16.2. The Morgan fingerprint density at radius 1 is 0.359 bits per heavy atom. The summed E-state index contributed by atoms with van der Waals surface area (Å²) >= 11 is 0. The number of carbonyl (C=O) groups excluding carboxylic acids is 4. The largest absolute Gasteiger partial charge is 0.354 e. The number of pyridine rings is 2. The first-order valence-electron chi connectivity index (χ1n) is 26.2. The van der Waals surface area contributed by atoms with E-state index in [0.717, 1.165) is 64.5 Å². The van der Waals surface area contributed by atoms with E-state index in [1.807, 2.05) is 27.7 Å². The first-order valence-corrected chi connectivity index (χ1v) is 26.2. The third-order valence-corrected chi connectivity index (χ3v) is 12.4. The Morgan fingerprint density at radius 2 is 0.625 bits per heavy atom. The standard InChI is InChI=1S/C54H92N6O4/c1-47(2)51(57-49(61)37-27-19-13-7-11-17-23-31-41-59-43-33-25-34-44-59)53(63)55-39-29-21-15-9-5-6-10-16-22-30-40-56-54(64)52(48(3)4)58-50(62)38-28-20-14-8-12-18-24-32-42-60-45-35-26-36-46-60/h25-26,33-36,43-48,51-52H,5-24,27-32,37-42H2,1-4H3,(H2-2,55,56,57,58,61,62,63,64)/p+2/t51-,52-/m0/s1. The summed E-state index contributed by atoms with van der Waals surface area (Å²) in [6.45, 7) is 11.4. The maximum absolute atomic E-state index is 12.9. The van der Waals surface area contributed by atoms with Gasteiger partial charge in [0.2, 0.25) is 23.6 Å². The Balaban J connectivity index is 1.37. The van der Waals surface area contributed by atoms with Crippen LogP contribution in [0.1, 0.15) is 207 Å². The Kier molecular flexibility index (Phi) is 33.8. The van der Waals surface area contributed by atoms with Gasteiger partial charge in [0.1, 0.15) is 25.2 Å². The summed E-state index contributed by atoms with van der Waals surface area (Å²) in [6, 6.07) is 11.5. The molecule has 4 N–H and O–H groups in total. The minimum atomic E-state index is -0.479. The van der Waals surface area contributed by atoms with Crippen LogP contribution in [-0.2, 0) is 32.3 Å². The molecule has 2 aromatic heterocycles. The zero-order valence-corrected chi connectivity index (χ0v) is 41.2. The molecule has 0 aromatic carbocycles. The van der Waals surface area contributed by atoms with Crippen molar-refractivity contribution in [3.05, 3.63) is 61.2 Å². The van der Waals surface area contributed by atoms with E-state index in [9.17, 15) is 19.2 Å². The van der Waals surface area contributed by atoms with Crippen molar-refractivity contribution in [2.24, 2.45) is 11.8 Å². The summed E-state index contributed by atoms with van der Waals surface area (Å²) < 4.78 is 4.49. The SMILES string of the molecule is CC(C)[C@H](NC(=O)CCCCCCCCCC[n+]1ccccc1)C(=O)NCCCCCCCCCCCCNC(=O)[C@@H](NC(=O)CCCCCCCCCC[n+]1ccccc1)C(C)C. The van der Waals surface area contributed by atoms with Gasteiger partial charge in [-0.3, -0.25) is 19.2 Å². The Bertz CT molecular complexity index is 1350. The lowest BCUT2D eigenvalue weighted by molar-refractivity contribution is -0.697. The third-order valence-electron chi connectivity index (χ3n) is 12.4. The van der Waals surface area contributed by atoms with Crippen LogP contribution in [0.4, 0.5) is 0 Å². The van der Waals surface area contributed by atoms with E-state index in [-0.39, 0.29) is 35.5 Å². The second kappa shape index (κ2) is 38.4. The molecule has 0 fully saturated rings. The number of nitrogens with zero attached hydrogens (tertiary/aromatic N) is 2. The molecule has 0 radical (unpaired) electrons. The predicted octanol–water partition coefficient (Wildman–Crippen LogP) is 10.4. The van der Waals surface area contributed by atoms with Crippen molar-refractivity contribution in [3.63, 3.8) is 0 Å². The van der Waals surface area contributed by atoms with E-state index in [4.69, 9.17) is 0 Å². The molecule has 362 valence electrons. The van der Waals surface area contributed by atoms with Crippen LogP contribution in [0.2, 0.25) is 0 Å². The molecule has 0 saturated carbocycles. The maximum Gasteiger partial charge on any atom is 0.242 e. The monoisotopic (exact) mass is 891 g/mol. The number of rotatable bonds is 41. The summed E-state index contributed by atoms with van der Waals surface area (Å²) in [5.74, 6) is -0.0704. The van der Waals surface area contributed by atoms with Gasteiger partial charge in [0, 0.05) is 63.0 Å². The molecule has 2 heterocycles. The number of amides is 4. The molecule has 0 saturated heterocycles. The third kappa shape index (κ3) is 30.3. The fraction of sp³-hybridized carbons (Fsp3) is 0.741. The van der Waals surface area contributed by atoms with Crippen LogP contribution in [0.5, 0.6) is 0 Å². The average Bonchev–Trinajstić information content (AvgIpc) is 3.29. The van der Waals surface area contributed by atoms with Gasteiger partial charge >= 0.3 is 0 Å². The van der Waals surface area contributed by atoms with Gasteiger partial charge in [-0.25, -0.2) is 9.13 Å².